The van der Waals surface area contributed by atoms with Gasteiger partial charge < -0.3 is 5.73 Å². The number of hydrogen-bond acceptors (Lipinski definition) is 3. The molecule has 62 valence electrons. The fourth-order valence-electron chi connectivity index (χ4n) is 0.939. The van der Waals surface area contributed by atoms with E-state index in [1.165, 1.54) is 0 Å². The number of nitrogens with one attached hydrogen (secondary N) is 1. The molecule has 0 unspecified atom stereocenters. The molecule has 5 heteroatoms. The quantitative estimate of drug-likeness (QED) is 0.809. The third kappa shape index (κ3) is 1.25. The molecule has 0 fully saturated rings. The van der Waals surface area contributed by atoms with Gasteiger partial charge in [0.15, 0.2) is 0 Å². The van der Waals surface area contributed by atoms with Gasteiger partial charge in [0.1, 0.15) is 5.82 Å². The van der Waals surface area contributed by atoms with Gasteiger partial charge in [-0.3, -0.25) is 5.10 Å². The maximum atomic E-state index is 5.48. The molecule has 3 nitrogen and oxygen atoms in total. The fraction of sp³-hybridized carbons (Fsp3) is 0. The zero-order chi connectivity index (χ0) is 8.55. The zero-order valence-corrected chi connectivity index (χ0v) is 8.45. The van der Waals surface area contributed by atoms with E-state index in [0.717, 1.165) is 15.0 Å². The number of aromatic amines is 1. The monoisotopic (exact) mass is 243 g/mol. The first kappa shape index (κ1) is 7.82. The topological polar surface area (TPSA) is 54.7 Å². The summed E-state index contributed by atoms with van der Waals surface area (Å²) in [6.07, 6.45) is 0. The summed E-state index contributed by atoms with van der Waals surface area (Å²) in [5.41, 5.74) is 6.43. The highest BCUT2D eigenvalue weighted by molar-refractivity contribution is 9.10. The van der Waals surface area contributed by atoms with Crippen LogP contribution in [0, 0.1) is 0 Å². The summed E-state index contributed by atoms with van der Waals surface area (Å²) in [5, 5.41) is 8.72. The van der Waals surface area contributed by atoms with Crippen LogP contribution in [0.5, 0.6) is 0 Å². The second-order valence-electron chi connectivity index (χ2n) is 2.30. The van der Waals surface area contributed by atoms with Crippen molar-refractivity contribution in [3.63, 3.8) is 0 Å². The molecule has 0 radical (unpaired) electrons. The number of hydrogen-bond donors (Lipinski definition) is 2. The summed E-state index contributed by atoms with van der Waals surface area (Å²) in [6, 6.07) is 3.81. The lowest BCUT2D eigenvalue weighted by Gasteiger charge is -1.90. The smallest absolute Gasteiger partial charge is 0.145 e. The summed E-state index contributed by atoms with van der Waals surface area (Å²) in [6.45, 7) is 0. The van der Waals surface area contributed by atoms with Crippen molar-refractivity contribution in [3.8, 4) is 10.6 Å². The number of nitrogen functional groups attached to an aromatic ring is 1. The lowest BCUT2D eigenvalue weighted by atomic mass is 10.3. The van der Waals surface area contributed by atoms with E-state index in [9.17, 15) is 0 Å². The number of aromatic nitrogens is 2. The predicted octanol–water partition coefficient (Wildman–Crippen LogP) is 2.48. The molecule has 2 rings (SSSR count). The summed E-state index contributed by atoms with van der Waals surface area (Å²) >= 11 is 5.08. The molecule has 2 aromatic rings. The maximum absolute atomic E-state index is 5.48. The second-order valence-corrected chi connectivity index (χ2v) is 4.07. The van der Waals surface area contributed by atoms with Crippen LogP contribution < -0.4 is 5.73 Å². The molecular weight excluding hydrogens is 238 g/mol. The normalized spacial score (nSPS) is 10.4. The molecule has 0 saturated carbocycles. The van der Waals surface area contributed by atoms with Crippen molar-refractivity contribution in [2.75, 3.05) is 5.73 Å². The van der Waals surface area contributed by atoms with Gasteiger partial charge in [0.25, 0.3) is 0 Å². The van der Waals surface area contributed by atoms with Gasteiger partial charge in [0.2, 0.25) is 0 Å². The van der Waals surface area contributed by atoms with Crippen LogP contribution in [0.25, 0.3) is 10.6 Å². The Bertz CT molecular complexity index is 393. The van der Waals surface area contributed by atoms with Crippen LogP contribution in [0.1, 0.15) is 0 Å². The lowest BCUT2D eigenvalue weighted by Crippen LogP contribution is -1.81. The Morgan fingerprint density at radius 1 is 1.58 bits per heavy atom. The molecule has 12 heavy (non-hydrogen) atoms. The fourth-order valence-corrected chi connectivity index (χ4v) is 2.49. The molecular formula is C7H6BrN3S. The van der Waals surface area contributed by atoms with E-state index in [1.54, 1.807) is 11.3 Å². The van der Waals surface area contributed by atoms with Crippen molar-refractivity contribution < 1.29 is 0 Å². The Morgan fingerprint density at radius 3 is 2.92 bits per heavy atom. The summed E-state index contributed by atoms with van der Waals surface area (Å²) in [7, 11) is 0. The van der Waals surface area contributed by atoms with Crippen LogP contribution in [0.4, 0.5) is 5.82 Å². The van der Waals surface area contributed by atoms with Gasteiger partial charge >= 0.3 is 0 Å². The minimum atomic E-state index is 0.519. The van der Waals surface area contributed by atoms with E-state index >= 15 is 0 Å². The molecule has 0 aliphatic carbocycles. The number of thiophene rings is 1. The van der Waals surface area contributed by atoms with Gasteiger partial charge in [0, 0.05) is 10.5 Å². The number of H-pyrrole nitrogens is 1. The highest BCUT2D eigenvalue weighted by Crippen LogP contribution is 2.32. The molecule has 0 bridgehead atoms. The van der Waals surface area contributed by atoms with E-state index in [2.05, 4.69) is 26.1 Å². The first-order valence-corrected chi connectivity index (χ1v) is 4.99. The van der Waals surface area contributed by atoms with Crippen LogP contribution in [-0.2, 0) is 0 Å². The first-order valence-electron chi connectivity index (χ1n) is 3.31. The molecule has 0 aliphatic rings. The third-order valence-corrected chi connectivity index (χ3v) is 3.33. The summed E-state index contributed by atoms with van der Waals surface area (Å²) in [4.78, 5) is 1.12. The highest BCUT2D eigenvalue weighted by atomic mass is 79.9. The Morgan fingerprint density at radius 2 is 2.42 bits per heavy atom. The average molecular weight is 244 g/mol. The van der Waals surface area contributed by atoms with Crippen molar-refractivity contribution >= 4 is 33.1 Å². The van der Waals surface area contributed by atoms with Crippen molar-refractivity contribution in [2.45, 2.75) is 0 Å². The second kappa shape index (κ2) is 2.91. The lowest BCUT2D eigenvalue weighted by molar-refractivity contribution is 1.10. The van der Waals surface area contributed by atoms with Crippen LogP contribution in [0.2, 0.25) is 0 Å². The minimum absolute atomic E-state index is 0.519. The Hall–Kier alpha value is -0.810. The minimum Gasteiger partial charge on any atom is -0.382 e. The highest BCUT2D eigenvalue weighted by Gasteiger charge is 2.06. The average Bonchev–Trinajstić information content (AvgIpc) is 2.58. The molecule has 3 N–H and O–H groups in total. The largest absolute Gasteiger partial charge is 0.382 e. The van der Waals surface area contributed by atoms with Gasteiger partial charge in [0.05, 0.1) is 10.6 Å². The molecule has 0 amide bonds. The Kier molecular flexibility index (Phi) is 1.90. The molecule has 2 heterocycles. The molecule has 0 spiro atoms. The van der Waals surface area contributed by atoms with Crippen LogP contribution in [-0.4, -0.2) is 10.2 Å². The van der Waals surface area contributed by atoms with Gasteiger partial charge in [-0.05, 0) is 27.4 Å². The van der Waals surface area contributed by atoms with Crippen LogP contribution >= 0.6 is 27.3 Å². The summed E-state index contributed by atoms with van der Waals surface area (Å²) in [5.74, 6) is 0.519. The Balaban J connectivity index is 2.50. The molecule has 0 aromatic carbocycles. The molecule has 0 atom stereocenters. The van der Waals surface area contributed by atoms with Crippen molar-refractivity contribution in [1.29, 1.82) is 0 Å². The van der Waals surface area contributed by atoms with E-state index in [-0.39, 0.29) is 0 Å². The molecule has 0 aliphatic heterocycles. The summed E-state index contributed by atoms with van der Waals surface area (Å²) < 4.78 is 1.07. The number of anilines is 1. The Labute approximate surface area is 81.7 Å². The van der Waals surface area contributed by atoms with Crippen LogP contribution in [0.15, 0.2) is 22.0 Å². The number of rotatable bonds is 1. The number of nitrogens with zero attached hydrogens (tertiary/aromatic N) is 1. The number of halogens is 1. The van der Waals surface area contributed by atoms with E-state index in [4.69, 9.17) is 5.73 Å². The molecule has 2 aromatic heterocycles. The maximum Gasteiger partial charge on any atom is 0.145 e. The SMILES string of the molecule is Nc1cc(-c2sccc2Br)[nH]n1. The van der Waals surface area contributed by atoms with Gasteiger partial charge in [-0.25, -0.2) is 0 Å². The predicted molar refractivity (Wildman–Crippen MR) is 54.0 cm³/mol. The van der Waals surface area contributed by atoms with Crippen molar-refractivity contribution in [3.05, 3.63) is 22.0 Å². The van der Waals surface area contributed by atoms with Crippen molar-refractivity contribution in [2.24, 2.45) is 0 Å². The third-order valence-electron chi connectivity index (χ3n) is 1.46. The van der Waals surface area contributed by atoms with E-state index < -0.39 is 0 Å². The zero-order valence-electron chi connectivity index (χ0n) is 6.04. The van der Waals surface area contributed by atoms with Crippen molar-refractivity contribution in [1.82, 2.24) is 10.2 Å². The molecule has 0 saturated heterocycles. The van der Waals surface area contributed by atoms with Gasteiger partial charge in [-0.15, -0.1) is 11.3 Å². The standard InChI is InChI=1S/C7H6BrN3S/c8-4-1-2-12-7(4)5-3-6(9)11-10-5/h1-3H,(H3,9,10,11). The first-order chi connectivity index (χ1) is 5.77. The van der Waals surface area contributed by atoms with Gasteiger partial charge in [-0.2, -0.15) is 5.10 Å². The number of nitrogens with two attached hydrogens (primary N) is 1. The van der Waals surface area contributed by atoms with E-state index in [0.29, 0.717) is 5.82 Å². The van der Waals surface area contributed by atoms with E-state index in [1.807, 2.05) is 17.5 Å². The van der Waals surface area contributed by atoms with Gasteiger partial charge in [-0.1, -0.05) is 0 Å². The van der Waals surface area contributed by atoms with Crippen LogP contribution in [0.3, 0.4) is 0 Å².